The smallest absolute Gasteiger partial charge is 0.181 e. The van der Waals surface area contributed by atoms with Crippen molar-refractivity contribution in [2.24, 2.45) is 0 Å². The second-order valence-electron chi connectivity index (χ2n) is 5.61. The summed E-state index contributed by atoms with van der Waals surface area (Å²) in [7, 11) is 0. The summed E-state index contributed by atoms with van der Waals surface area (Å²) < 4.78 is 5.50. The van der Waals surface area contributed by atoms with E-state index in [0.29, 0.717) is 5.56 Å². The van der Waals surface area contributed by atoms with Gasteiger partial charge < -0.3 is 35.1 Å². The molecule has 7 heteroatoms. The van der Waals surface area contributed by atoms with E-state index in [9.17, 15) is 30.6 Å². The number of hydrogen-bond donors (Lipinski definition) is 6. The fourth-order valence-electron chi connectivity index (χ4n) is 2.89. The van der Waals surface area contributed by atoms with Crippen molar-refractivity contribution in [3.8, 4) is 45.6 Å². The van der Waals surface area contributed by atoms with E-state index in [2.05, 4.69) is 0 Å². The van der Waals surface area contributed by atoms with Gasteiger partial charge >= 0.3 is 0 Å². The predicted octanol–water partition coefficient (Wildman–Crippen LogP) is 3.49. The van der Waals surface area contributed by atoms with Crippen LogP contribution in [0.1, 0.15) is 0 Å². The molecule has 3 aromatic carbocycles. The van der Waals surface area contributed by atoms with Crippen LogP contribution in [-0.4, -0.2) is 30.6 Å². The van der Waals surface area contributed by atoms with E-state index in [1.54, 1.807) is 0 Å². The first kappa shape index (κ1) is 14.8. The maximum atomic E-state index is 10.6. The lowest BCUT2D eigenvalue weighted by atomic mass is 9.99. The SMILES string of the molecule is Oc1ccc(-c2c(O)c(O)c3c(oc4cc(O)c(O)cc43)c2O)cc1. The first-order valence-electron chi connectivity index (χ1n) is 7.23. The van der Waals surface area contributed by atoms with E-state index in [1.165, 1.54) is 24.3 Å². The summed E-state index contributed by atoms with van der Waals surface area (Å²) in [5.41, 5.74) is 0.269. The predicted molar refractivity (Wildman–Crippen MR) is 89.1 cm³/mol. The number of phenols is 6. The standard InChI is InChI=1S/C18H12O7/c19-8-3-1-7(2-4-8)13-15(22)16(23)14-9-5-10(20)11(21)6-12(9)25-18(14)17(13)24/h1-6,19-24H. The molecule has 0 atom stereocenters. The van der Waals surface area contributed by atoms with Crippen LogP contribution in [0.2, 0.25) is 0 Å². The summed E-state index contributed by atoms with van der Waals surface area (Å²) in [5, 5.41) is 60.2. The largest absolute Gasteiger partial charge is 0.508 e. The highest BCUT2D eigenvalue weighted by molar-refractivity contribution is 6.14. The highest BCUT2D eigenvalue weighted by Crippen LogP contribution is 2.53. The fourth-order valence-corrected chi connectivity index (χ4v) is 2.89. The zero-order valence-electron chi connectivity index (χ0n) is 12.6. The number of phenolic OH excluding ortho intramolecular Hbond substituents is 6. The molecule has 0 spiro atoms. The minimum atomic E-state index is -0.578. The van der Waals surface area contributed by atoms with Gasteiger partial charge in [0.15, 0.2) is 34.3 Å². The van der Waals surface area contributed by atoms with Crippen molar-refractivity contribution in [2.75, 3.05) is 0 Å². The summed E-state index contributed by atoms with van der Waals surface area (Å²) in [5.74, 6) is -2.40. The molecule has 0 aliphatic rings. The molecule has 0 bridgehead atoms. The number of fused-ring (bicyclic) bond motifs is 3. The van der Waals surface area contributed by atoms with E-state index in [0.717, 1.165) is 12.1 Å². The van der Waals surface area contributed by atoms with Gasteiger partial charge in [-0.25, -0.2) is 0 Å². The number of furan rings is 1. The third-order valence-electron chi connectivity index (χ3n) is 4.09. The summed E-state index contributed by atoms with van der Waals surface area (Å²) >= 11 is 0. The van der Waals surface area contributed by atoms with Crippen molar-refractivity contribution in [3.05, 3.63) is 36.4 Å². The van der Waals surface area contributed by atoms with E-state index in [4.69, 9.17) is 4.42 Å². The molecule has 0 saturated carbocycles. The van der Waals surface area contributed by atoms with Gasteiger partial charge in [-0.1, -0.05) is 12.1 Å². The van der Waals surface area contributed by atoms with Crippen LogP contribution in [-0.2, 0) is 0 Å². The molecule has 0 amide bonds. The summed E-state index contributed by atoms with van der Waals surface area (Å²) in [4.78, 5) is 0. The Kier molecular flexibility index (Phi) is 2.89. The van der Waals surface area contributed by atoms with Crippen molar-refractivity contribution >= 4 is 21.9 Å². The zero-order chi connectivity index (χ0) is 17.9. The first-order valence-corrected chi connectivity index (χ1v) is 7.23. The van der Waals surface area contributed by atoms with Gasteiger partial charge in [0.05, 0.1) is 10.9 Å². The van der Waals surface area contributed by atoms with Crippen LogP contribution < -0.4 is 0 Å². The molecular formula is C18H12O7. The Balaban J connectivity index is 2.14. The van der Waals surface area contributed by atoms with Gasteiger partial charge in [0.2, 0.25) is 0 Å². The molecule has 1 aromatic heterocycles. The van der Waals surface area contributed by atoms with Gasteiger partial charge in [0.1, 0.15) is 11.3 Å². The zero-order valence-corrected chi connectivity index (χ0v) is 12.6. The normalized spacial score (nSPS) is 11.4. The Hall–Kier alpha value is -3.74. The van der Waals surface area contributed by atoms with E-state index in [-0.39, 0.29) is 33.3 Å². The molecular weight excluding hydrogens is 328 g/mol. The Morgan fingerprint density at radius 3 is 2.00 bits per heavy atom. The van der Waals surface area contributed by atoms with E-state index in [1.807, 2.05) is 0 Å². The van der Waals surface area contributed by atoms with Crippen molar-refractivity contribution in [2.45, 2.75) is 0 Å². The molecule has 0 radical (unpaired) electrons. The van der Waals surface area contributed by atoms with Crippen LogP contribution in [0, 0.1) is 0 Å². The highest BCUT2D eigenvalue weighted by atomic mass is 16.4. The fraction of sp³-hybridized carbons (Fsp3) is 0. The number of hydrogen-bond acceptors (Lipinski definition) is 7. The van der Waals surface area contributed by atoms with Crippen LogP contribution in [0.3, 0.4) is 0 Å². The number of benzene rings is 3. The Bertz CT molecular complexity index is 1140. The molecule has 7 nitrogen and oxygen atoms in total. The van der Waals surface area contributed by atoms with Gasteiger partial charge in [-0.15, -0.1) is 0 Å². The van der Waals surface area contributed by atoms with Gasteiger partial charge in [0.25, 0.3) is 0 Å². The third-order valence-corrected chi connectivity index (χ3v) is 4.09. The second kappa shape index (κ2) is 4.88. The molecule has 0 saturated heterocycles. The lowest BCUT2D eigenvalue weighted by Crippen LogP contribution is -1.83. The summed E-state index contributed by atoms with van der Waals surface area (Å²) in [6, 6.07) is 7.94. The molecule has 126 valence electrons. The molecule has 0 aliphatic heterocycles. The number of aromatic hydroxyl groups is 6. The molecule has 4 rings (SSSR count). The Morgan fingerprint density at radius 1 is 0.680 bits per heavy atom. The number of rotatable bonds is 1. The summed E-state index contributed by atoms with van der Waals surface area (Å²) in [6.07, 6.45) is 0. The van der Waals surface area contributed by atoms with Crippen LogP contribution in [0.25, 0.3) is 33.1 Å². The average molecular weight is 340 g/mol. The topological polar surface area (TPSA) is 135 Å². The maximum Gasteiger partial charge on any atom is 0.181 e. The minimum absolute atomic E-state index is 0.00252. The van der Waals surface area contributed by atoms with Gasteiger partial charge in [-0.3, -0.25) is 0 Å². The summed E-state index contributed by atoms with van der Waals surface area (Å²) in [6.45, 7) is 0. The molecule has 1 heterocycles. The van der Waals surface area contributed by atoms with Gasteiger partial charge in [-0.2, -0.15) is 0 Å². The van der Waals surface area contributed by atoms with Crippen molar-refractivity contribution in [3.63, 3.8) is 0 Å². The van der Waals surface area contributed by atoms with Crippen LogP contribution >= 0.6 is 0 Å². The molecule has 6 N–H and O–H groups in total. The monoisotopic (exact) mass is 340 g/mol. The van der Waals surface area contributed by atoms with Crippen molar-refractivity contribution in [1.29, 1.82) is 0 Å². The van der Waals surface area contributed by atoms with Crippen molar-refractivity contribution in [1.82, 2.24) is 0 Å². The second-order valence-corrected chi connectivity index (χ2v) is 5.61. The van der Waals surface area contributed by atoms with Gasteiger partial charge in [0, 0.05) is 11.5 Å². The van der Waals surface area contributed by atoms with E-state index < -0.39 is 28.7 Å². The highest BCUT2D eigenvalue weighted by Gasteiger charge is 2.25. The van der Waals surface area contributed by atoms with E-state index >= 15 is 0 Å². The van der Waals surface area contributed by atoms with Crippen molar-refractivity contribution < 1.29 is 35.1 Å². The van der Waals surface area contributed by atoms with Gasteiger partial charge in [-0.05, 0) is 23.8 Å². The lowest BCUT2D eigenvalue weighted by molar-refractivity contribution is 0.402. The molecule has 25 heavy (non-hydrogen) atoms. The lowest BCUT2D eigenvalue weighted by Gasteiger charge is -2.10. The molecule has 0 unspecified atom stereocenters. The Morgan fingerprint density at radius 2 is 1.32 bits per heavy atom. The van der Waals surface area contributed by atoms with Crippen LogP contribution in [0.4, 0.5) is 0 Å². The average Bonchev–Trinajstić information content (AvgIpc) is 2.94. The van der Waals surface area contributed by atoms with Crippen LogP contribution in [0.5, 0.6) is 34.5 Å². The molecule has 0 fully saturated rings. The maximum absolute atomic E-state index is 10.6. The third kappa shape index (κ3) is 1.99. The van der Waals surface area contributed by atoms with Crippen LogP contribution in [0.15, 0.2) is 40.8 Å². The molecule has 0 aliphatic carbocycles. The first-order chi connectivity index (χ1) is 11.9. The Labute approximate surface area is 139 Å². The quantitative estimate of drug-likeness (QED) is 0.231. The molecule has 4 aromatic rings. The minimum Gasteiger partial charge on any atom is -0.508 e.